The van der Waals surface area contributed by atoms with Crippen LogP contribution in [-0.4, -0.2) is 73.6 Å². The molecule has 0 atom stereocenters. The minimum absolute atomic E-state index is 0.0777. The molecule has 22 heavy (non-hydrogen) atoms. The average molecular weight is 318 g/mol. The standard InChI is InChI=1S/C16H34N2O4/c1-2-3-4-5-6-7-16(21)17-8-14-22-15-11-18(9-12-19)10-13-20/h19-20H,2-15H2,1H3,(H,17,21). The van der Waals surface area contributed by atoms with Crippen LogP contribution in [0.2, 0.25) is 0 Å². The van der Waals surface area contributed by atoms with Crippen molar-refractivity contribution in [2.24, 2.45) is 0 Å². The zero-order chi connectivity index (χ0) is 16.5. The number of aliphatic hydroxyl groups excluding tert-OH is 2. The predicted octanol–water partition coefficient (Wildman–Crippen LogP) is 0.766. The summed E-state index contributed by atoms with van der Waals surface area (Å²) in [7, 11) is 0. The highest BCUT2D eigenvalue weighted by molar-refractivity contribution is 5.75. The van der Waals surface area contributed by atoms with E-state index < -0.39 is 0 Å². The molecule has 3 N–H and O–H groups in total. The van der Waals surface area contributed by atoms with Gasteiger partial charge in [0, 0.05) is 32.6 Å². The van der Waals surface area contributed by atoms with Gasteiger partial charge < -0.3 is 20.3 Å². The summed E-state index contributed by atoms with van der Waals surface area (Å²) in [6, 6.07) is 0. The highest BCUT2D eigenvalue weighted by Gasteiger charge is 2.03. The third-order valence-corrected chi connectivity index (χ3v) is 3.46. The van der Waals surface area contributed by atoms with Crippen LogP contribution in [0.25, 0.3) is 0 Å². The molecule has 0 aromatic carbocycles. The van der Waals surface area contributed by atoms with E-state index in [1.54, 1.807) is 0 Å². The van der Waals surface area contributed by atoms with Gasteiger partial charge in [-0.1, -0.05) is 32.6 Å². The first kappa shape index (κ1) is 21.3. The van der Waals surface area contributed by atoms with Crippen molar-refractivity contribution in [3.63, 3.8) is 0 Å². The second-order valence-corrected chi connectivity index (χ2v) is 5.42. The molecular weight excluding hydrogens is 284 g/mol. The Balaban J connectivity index is 3.38. The van der Waals surface area contributed by atoms with Crippen molar-refractivity contribution in [2.75, 3.05) is 52.6 Å². The Kier molecular flexibility index (Phi) is 16.2. The first-order chi connectivity index (χ1) is 10.7. The largest absolute Gasteiger partial charge is 0.395 e. The zero-order valence-corrected chi connectivity index (χ0v) is 14.1. The molecule has 0 aliphatic carbocycles. The number of carbonyl (C=O) groups is 1. The minimum atomic E-state index is 0.0777. The van der Waals surface area contributed by atoms with Gasteiger partial charge in [0.2, 0.25) is 5.91 Å². The number of aliphatic hydroxyl groups is 2. The fourth-order valence-electron chi connectivity index (χ4n) is 2.15. The SMILES string of the molecule is CCCCCCCC(=O)NCCOCCN(CCO)CCO. The smallest absolute Gasteiger partial charge is 0.220 e. The highest BCUT2D eigenvalue weighted by atomic mass is 16.5. The molecular formula is C16H34N2O4. The fraction of sp³-hybridized carbons (Fsp3) is 0.938. The number of hydrogen-bond acceptors (Lipinski definition) is 5. The van der Waals surface area contributed by atoms with Crippen LogP contribution in [0.15, 0.2) is 0 Å². The van der Waals surface area contributed by atoms with E-state index in [9.17, 15) is 4.79 Å². The Labute approximate surface area is 134 Å². The number of carbonyl (C=O) groups excluding carboxylic acids is 1. The lowest BCUT2D eigenvalue weighted by atomic mass is 10.1. The van der Waals surface area contributed by atoms with E-state index in [0.717, 1.165) is 12.8 Å². The molecule has 132 valence electrons. The van der Waals surface area contributed by atoms with Crippen LogP contribution in [0.3, 0.4) is 0 Å². The molecule has 0 radical (unpaired) electrons. The molecule has 6 nitrogen and oxygen atoms in total. The Morgan fingerprint density at radius 1 is 1.00 bits per heavy atom. The van der Waals surface area contributed by atoms with E-state index in [1.165, 1.54) is 19.3 Å². The third kappa shape index (κ3) is 14.3. The number of unbranched alkanes of at least 4 members (excludes halogenated alkanes) is 4. The van der Waals surface area contributed by atoms with Crippen LogP contribution in [0.5, 0.6) is 0 Å². The normalized spacial score (nSPS) is 11.1. The van der Waals surface area contributed by atoms with E-state index in [2.05, 4.69) is 12.2 Å². The van der Waals surface area contributed by atoms with Crippen LogP contribution in [0.4, 0.5) is 0 Å². The summed E-state index contributed by atoms with van der Waals surface area (Å²) in [6.07, 6.45) is 6.37. The molecule has 1 amide bonds. The van der Waals surface area contributed by atoms with E-state index in [4.69, 9.17) is 14.9 Å². The van der Waals surface area contributed by atoms with Gasteiger partial charge in [0.15, 0.2) is 0 Å². The van der Waals surface area contributed by atoms with Crippen molar-refractivity contribution in [2.45, 2.75) is 45.4 Å². The summed E-state index contributed by atoms with van der Waals surface area (Å²) in [5, 5.41) is 20.6. The van der Waals surface area contributed by atoms with Gasteiger partial charge in [0.25, 0.3) is 0 Å². The van der Waals surface area contributed by atoms with Gasteiger partial charge in [0.1, 0.15) is 0 Å². The quantitative estimate of drug-likeness (QED) is 0.366. The summed E-state index contributed by atoms with van der Waals surface area (Å²) >= 11 is 0. The van der Waals surface area contributed by atoms with Gasteiger partial charge in [-0.2, -0.15) is 0 Å². The molecule has 0 unspecified atom stereocenters. The topological polar surface area (TPSA) is 82.0 Å². The van der Waals surface area contributed by atoms with Crippen LogP contribution in [-0.2, 0) is 9.53 Å². The lowest BCUT2D eigenvalue weighted by Crippen LogP contribution is -2.33. The number of hydrogen-bond donors (Lipinski definition) is 3. The van der Waals surface area contributed by atoms with Gasteiger partial charge in [-0.25, -0.2) is 0 Å². The molecule has 0 fully saturated rings. The molecule has 0 saturated carbocycles. The first-order valence-electron chi connectivity index (χ1n) is 8.53. The molecule has 0 rings (SSSR count). The molecule has 0 aromatic rings. The van der Waals surface area contributed by atoms with Crippen molar-refractivity contribution in [3.8, 4) is 0 Å². The second-order valence-electron chi connectivity index (χ2n) is 5.42. The summed E-state index contributed by atoms with van der Waals surface area (Å²) in [5.74, 6) is 0.0993. The molecule has 0 saturated heterocycles. The van der Waals surface area contributed by atoms with E-state index in [0.29, 0.717) is 45.8 Å². The van der Waals surface area contributed by atoms with Crippen LogP contribution in [0, 0.1) is 0 Å². The van der Waals surface area contributed by atoms with Gasteiger partial charge >= 0.3 is 0 Å². The van der Waals surface area contributed by atoms with Crippen molar-refractivity contribution in [1.82, 2.24) is 10.2 Å². The Morgan fingerprint density at radius 2 is 1.68 bits per heavy atom. The van der Waals surface area contributed by atoms with Gasteiger partial charge in [-0.3, -0.25) is 9.69 Å². The Bertz CT molecular complexity index is 246. The average Bonchev–Trinajstić information content (AvgIpc) is 2.51. The maximum Gasteiger partial charge on any atom is 0.220 e. The van der Waals surface area contributed by atoms with Gasteiger partial charge in [0.05, 0.1) is 26.4 Å². The monoisotopic (exact) mass is 318 g/mol. The Hall–Kier alpha value is -0.690. The predicted molar refractivity (Wildman–Crippen MR) is 87.8 cm³/mol. The lowest BCUT2D eigenvalue weighted by Gasteiger charge is -2.19. The van der Waals surface area contributed by atoms with Crippen molar-refractivity contribution >= 4 is 5.91 Å². The number of ether oxygens (including phenoxy) is 1. The minimum Gasteiger partial charge on any atom is -0.395 e. The summed E-state index contributed by atoms with van der Waals surface area (Å²) in [5.41, 5.74) is 0. The number of rotatable bonds is 16. The van der Waals surface area contributed by atoms with Crippen molar-refractivity contribution in [3.05, 3.63) is 0 Å². The molecule has 0 heterocycles. The molecule has 0 aliphatic rings. The van der Waals surface area contributed by atoms with E-state index >= 15 is 0 Å². The number of nitrogens with zero attached hydrogens (tertiary/aromatic N) is 1. The molecule has 0 aromatic heterocycles. The van der Waals surface area contributed by atoms with E-state index in [1.807, 2.05) is 4.90 Å². The highest BCUT2D eigenvalue weighted by Crippen LogP contribution is 2.04. The lowest BCUT2D eigenvalue weighted by molar-refractivity contribution is -0.121. The van der Waals surface area contributed by atoms with Crippen LogP contribution >= 0.6 is 0 Å². The summed E-state index contributed by atoms with van der Waals surface area (Å²) in [4.78, 5) is 13.5. The maximum atomic E-state index is 11.6. The number of nitrogens with one attached hydrogen (secondary N) is 1. The molecule has 0 bridgehead atoms. The summed E-state index contributed by atoms with van der Waals surface area (Å²) < 4.78 is 5.45. The first-order valence-corrected chi connectivity index (χ1v) is 8.53. The summed E-state index contributed by atoms with van der Waals surface area (Å²) in [6.45, 7) is 5.65. The molecule has 0 spiro atoms. The van der Waals surface area contributed by atoms with Crippen LogP contribution in [0.1, 0.15) is 45.4 Å². The zero-order valence-electron chi connectivity index (χ0n) is 14.1. The molecule has 0 aliphatic heterocycles. The number of amides is 1. The van der Waals surface area contributed by atoms with Crippen molar-refractivity contribution in [1.29, 1.82) is 0 Å². The maximum absolute atomic E-state index is 11.6. The fourth-order valence-corrected chi connectivity index (χ4v) is 2.15. The molecule has 6 heteroatoms. The van der Waals surface area contributed by atoms with Gasteiger partial charge in [-0.15, -0.1) is 0 Å². The van der Waals surface area contributed by atoms with E-state index in [-0.39, 0.29) is 19.1 Å². The van der Waals surface area contributed by atoms with Gasteiger partial charge in [-0.05, 0) is 6.42 Å². The van der Waals surface area contributed by atoms with Crippen LogP contribution < -0.4 is 5.32 Å². The Morgan fingerprint density at radius 3 is 2.32 bits per heavy atom. The third-order valence-electron chi connectivity index (χ3n) is 3.46. The van der Waals surface area contributed by atoms with Crippen molar-refractivity contribution < 1.29 is 19.7 Å². The second kappa shape index (κ2) is 16.7.